The fourth-order valence-corrected chi connectivity index (χ4v) is 9.06. The van der Waals surface area contributed by atoms with Gasteiger partial charge in [0.1, 0.15) is 19.3 Å². The Hall–Kier alpha value is -1.77. The smallest absolute Gasteiger partial charge is 0.456 e. The van der Waals surface area contributed by atoms with Crippen molar-refractivity contribution < 1.29 is 37.3 Å². The monoisotopic (exact) mass is 980 g/mol. The first-order chi connectivity index (χ1) is 32.9. The average molecular weight is 981 g/mol. The van der Waals surface area contributed by atoms with Crippen LogP contribution in [0.5, 0.6) is 0 Å². The Morgan fingerprint density at radius 3 is 1.35 bits per heavy atom. The lowest BCUT2D eigenvalue weighted by Gasteiger charge is -2.27. The molecule has 3 atom stereocenters. The standard InChI is InChI=1S/C58H111N2O7P/c1-7-10-13-16-19-22-25-27-29-30-31-33-36-39-42-45-48-51-58(62)67-56(49-46-43-40-37-34-24-21-18-15-12-9-3)55(54-66-68(63,64)65-53-52-60(4,5)6)59-57(61)50-47-44-41-38-35-32-28-26-23-20-17-14-11-8-2/h19,22,27,29,46,49,55-56H,7-18,20-21,23-26,28,30-45,47-48,50-54H2,1-6H3,(H-,59,61,63,64)/p+1/b22-19-,29-27-,49-46+. The van der Waals surface area contributed by atoms with E-state index in [-0.39, 0.29) is 31.5 Å². The van der Waals surface area contributed by atoms with E-state index < -0.39 is 20.0 Å². The minimum Gasteiger partial charge on any atom is -0.456 e. The number of carbonyl (C=O) groups is 2. The number of nitrogens with one attached hydrogen (secondary N) is 1. The van der Waals surface area contributed by atoms with Crippen LogP contribution in [0, 0.1) is 0 Å². The van der Waals surface area contributed by atoms with E-state index in [9.17, 15) is 19.0 Å². The normalized spacial score (nSPS) is 14.0. The van der Waals surface area contributed by atoms with Gasteiger partial charge in [-0.05, 0) is 63.9 Å². The number of esters is 1. The van der Waals surface area contributed by atoms with Crippen molar-refractivity contribution in [1.82, 2.24) is 5.32 Å². The number of phosphoric acid groups is 1. The second-order valence-electron chi connectivity index (χ2n) is 20.8. The van der Waals surface area contributed by atoms with Gasteiger partial charge in [-0.3, -0.25) is 18.6 Å². The topological polar surface area (TPSA) is 111 Å². The third kappa shape index (κ3) is 49.2. The molecule has 0 aliphatic rings. The number of carbonyl (C=O) groups excluding carboxylic acids is 2. The summed E-state index contributed by atoms with van der Waals surface area (Å²) in [5.41, 5.74) is 0. The highest BCUT2D eigenvalue weighted by atomic mass is 31.2. The fraction of sp³-hybridized carbons (Fsp3) is 0.862. The number of unbranched alkanes of at least 4 members (excludes halogenated alkanes) is 32. The first-order valence-corrected chi connectivity index (χ1v) is 30.3. The van der Waals surface area contributed by atoms with Crippen molar-refractivity contribution in [3.63, 3.8) is 0 Å². The van der Waals surface area contributed by atoms with Crippen molar-refractivity contribution in [2.45, 2.75) is 283 Å². The van der Waals surface area contributed by atoms with Crippen LogP contribution in [0.15, 0.2) is 36.5 Å². The summed E-state index contributed by atoms with van der Waals surface area (Å²) in [6.07, 6.45) is 57.0. The Labute approximate surface area is 421 Å². The van der Waals surface area contributed by atoms with Gasteiger partial charge < -0.3 is 19.4 Å². The van der Waals surface area contributed by atoms with Crippen LogP contribution in [0.25, 0.3) is 0 Å². The number of ether oxygens (including phenoxy) is 1. The van der Waals surface area contributed by atoms with E-state index in [0.29, 0.717) is 17.4 Å². The van der Waals surface area contributed by atoms with Gasteiger partial charge in [0.15, 0.2) is 0 Å². The number of amides is 1. The second kappa shape index (κ2) is 48.8. The van der Waals surface area contributed by atoms with Crippen LogP contribution in [0.3, 0.4) is 0 Å². The van der Waals surface area contributed by atoms with E-state index in [1.165, 1.54) is 161 Å². The molecule has 3 unspecified atom stereocenters. The molecule has 0 radical (unpaired) electrons. The minimum absolute atomic E-state index is 0.0409. The molecule has 400 valence electrons. The Balaban J connectivity index is 5.31. The van der Waals surface area contributed by atoms with Crippen LogP contribution in [-0.2, 0) is 27.9 Å². The number of phosphoric ester groups is 1. The summed E-state index contributed by atoms with van der Waals surface area (Å²) in [4.78, 5) is 37.5. The van der Waals surface area contributed by atoms with Crippen LogP contribution in [0.2, 0.25) is 0 Å². The molecule has 1 amide bonds. The summed E-state index contributed by atoms with van der Waals surface area (Å²) < 4.78 is 30.6. The first kappa shape index (κ1) is 66.2. The van der Waals surface area contributed by atoms with Crippen LogP contribution in [0.4, 0.5) is 0 Å². The summed E-state index contributed by atoms with van der Waals surface area (Å²) >= 11 is 0. The third-order valence-corrected chi connectivity index (χ3v) is 13.8. The largest absolute Gasteiger partial charge is 0.472 e. The summed E-state index contributed by atoms with van der Waals surface area (Å²) in [5.74, 6) is -0.506. The summed E-state index contributed by atoms with van der Waals surface area (Å²) in [6, 6.07) is -0.846. The molecule has 0 aliphatic carbocycles. The van der Waals surface area contributed by atoms with Gasteiger partial charge >= 0.3 is 13.8 Å². The van der Waals surface area contributed by atoms with Crippen LogP contribution in [-0.4, -0.2) is 74.3 Å². The SMILES string of the molecule is CCCCC/C=C\C/C=C\CCCCCCCCCC(=O)OC(/C=C/CCCCCCCCCCC)C(COP(=O)(O)OCC[N+](C)(C)C)NC(=O)CCCCCCCCCCCCCCCC. The van der Waals surface area contributed by atoms with E-state index in [2.05, 4.69) is 50.4 Å². The van der Waals surface area contributed by atoms with Gasteiger partial charge in [0, 0.05) is 12.8 Å². The van der Waals surface area contributed by atoms with Crippen molar-refractivity contribution in [3.05, 3.63) is 36.5 Å². The van der Waals surface area contributed by atoms with E-state index in [4.69, 9.17) is 13.8 Å². The number of hydrogen-bond acceptors (Lipinski definition) is 6. The van der Waals surface area contributed by atoms with Gasteiger partial charge in [0.2, 0.25) is 5.91 Å². The Morgan fingerprint density at radius 1 is 0.515 bits per heavy atom. The summed E-state index contributed by atoms with van der Waals surface area (Å²) in [6.45, 7) is 6.99. The lowest BCUT2D eigenvalue weighted by Crippen LogP contribution is -2.47. The van der Waals surface area contributed by atoms with Crippen molar-refractivity contribution in [2.75, 3.05) is 40.9 Å². The Bertz CT molecular complexity index is 1270. The number of likely N-dealkylation sites (N-methyl/N-ethyl adjacent to an activating group) is 1. The van der Waals surface area contributed by atoms with Gasteiger partial charge in [-0.1, -0.05) is 231 Å². The Morgan fingerprint density at radius 2 is 0.897 bits per heavy atom. The molecule has 0 rings (SSSR count). The van der Waals surface area contributed by atoms with E-state index in [0.717, 1.165) is 77.0 Å². The minimum atomic E-state index is -4.44. The molecular weight excluding hydrogens is 868 g/mol. The number of quaternary nitrogens is 1. The highest BCUT2D eigenvalue weighted by molar-refractivity contribution is 7.47. The number of allylic oxidation sites excluding steroid dienone is 5. The van der Waals surface area contributed by atoms with Gasteiger partial charge in [-0.25, -0.2) is 4.57 Å². The Kier molecular flexibility index (Phi) is 47.6. The molecule has 0 aromatic heterocycles. The zero-order chi connectivity index (χ0) is 50.1. The van der Waals surface area contributed by atoms with Gasteiger partial charge in [0.05, 0.1) is 33.8 Å². The highest BCUT2D eigenvalue weighted by Gasteiger charge is 2.30. The fourth-order valence-electron chi connectivity index (χ4n) is 8.32. The molecule has 10 heteroatoms. The molecule has 0 fully saturated rings. The molecule has 0 saturated heterocycles. The van der Waals surface area contributed by atoms with E-state index in [1.807, 2.05) is 33.3 Å². The first-order valence-electron chi connectivity index (χ1n) is 28.8. The van der Waals surface area contributed by atoms with Crippen molar-refractivity contribution in [3.8, 4) is 0 Å². The molecule has 0 heterocycles. The van der Waals surface area contributed by atoms with Crippen molar-refractivity contribution in [2.24, 2.45) is 0 Å². The number of rotatable bonds is 52. The lowest BCUT2D eigenvalue weighted by atomic mass is 10.0. The zero-order valence-electron chi connectivity index (χ0n) is 45.6. The molecule has 0 bridgehead atoms. The van der Waals surface area contributed by atoms with E-state index >= 15 is 0 Å². The van der Waals surface area contributed by atoms with Crippen molar-refractivity contribution in [1.29, 1.82) is 0 Å². The van der Waals surface area contributed by atoms with Crippen LogP contribution in [0.1, 0.15) is 271 Å². The summed E-state index contributed by atoms with van der Waals surface area (Å²) in [7, 11) is 1.50. The molecule has 68 heavy (non-hydrogen) atoms. The lowest BCUT2D eigenvalue weighted by molar-refractivity contribution is -0.870. The molecule has 0 saturated carbocycles. The van der Waals surface area contributed by atoms with Gasteiger partial charge in [-0.2, -0.15) is 0 Å². The number of nitrogens with zero attached hydrogens (tertiary/aromatic N) is 1. The zero-order valence-corrected chi connectivity index (χ0v) is 46.5. The van der Waals surface area contributed by atoms with Gasteiger partial charge in [0.25, 0.3) is 0 Å². The average Bonchev–Trinajstić information content (AvgIpc) is 3.29. The molecular formula is C58H112N2O7P+. The molecule has 0 spiro atoms. The van der Waals surface area contributed by atoms with Crippen LogP contribution < -0.4 is 5.32 Å². The van der Waals surface area contributed by atoms with E-state index in [1.54, 1.807) is 0 Å². The second-order valence-corrected chi connectivity index (χ2v) is 22.3. The predicted molar refractivity (Wildman–Crippen MR) is 291 cm³/mol. The third-order valence-electron chi connectivity index (χ3n) is 12.8. The highest BCUT2D eigenvalue weighted by Crippen LogP contribution is 2.43. The molecule has 2 N–H and O–H groups in total. The molecule has 0 aromatic rings. The number of hydrogen-bond donors (Lipinski definition) is 2. The molecule has 0 aliphatic heterocycles. The van der Waals surface area contributed by atoms with Crippen LogP contribution >= 0.6 is 7.82 Å². The maximum absolute atomic E-state index is 13.5. The van der Waals surface area contributed by atoms with Gasteiger partial charge in [-0.15, -0.1) is 0 Å². The maximum atomic E-state index is 13.5. The quantitative estimate of drug-likeness (QED) is 0.0205. The van der Waals surface area contributed by atoms with Crippen molar-refractivity contribution >= 4 is 19.7 Å². The summed E-state index contributed by atoms with van der Waals surface area (Å²) in [5, 5.41) is 3.05. The predicted octanol–water partition coefficient (Wildman–Crippen LogP) is 17.2. The maximum Gasteiger partial charge on any atom is 0.472 e. The molecule has 9 nitrogen and oxygen atoms in total. The molecule has 0 aromatic carbocycles.